The van der Waals surface area contributed by atoms with E-state index in [1.807, 2.05) is 6.92 Å². The van der Waals surface area contributed by atoms with E-state index in [4.69, 9.17) is 37.8 Å². The summed E-state index contributed by atoms with van der Waals surface area (Å²) in [4.78, 5) is 11.0. The molecular weight excluding hydrogens is 379 g/mol. The van der Waals surface area contributed by atoms with Crippen LogP contribution in [0.2, 0.25) is 10.0 Å². The maximum atomic E-state index is 11.0. The van der Waals surface area contributed by atoms with Crippen LogP contribution in [-0.2, 0) is 18.3 Å². The summed E-state index contributed by atoms with van der Waals surface area (Å²) in [6.07, 6.45) is -0.253. The Morgan fingerprint density at radius 1 is 1.23 bits per heavy atom. The molecule has 26 heavy (non-hydrogen) atoms. The van der Waals surface area contributed by atoms with Crippen LogP contribution >= 0.6 is 23.2 Å². The van der Waals surface area contributed by atoms with Crippen LogP contribution in [0.1, 0.15) is 32.0 Å². The highest BCUT2D eigenvalue weighted by atomic mass is 35.5. The van der Waals surface area contributed by atoms with Crippen LogP contribution in [0.25, 0.3) is 0 Å². The van der Waals surface area contributed by atoms with Crippen molar-refractivity contribution in [2.75, 3.05) is 0 Å². The molecule has 0 saturated carbocycles. The van der Waals surface area contributed by atoms with Gasteiger partial charge in [-0.3, -0.25) is 0 Å². The van der Waals surface area contributed by atoms with E-state index in [0.717, 1.165) is 17.7 Å². The molecule has 0 unspecified atom stereocenters. The first kappa shape index (κ1) is 20.4. The van der Waals surface area contributed by atoms with Gasteiger partial charge >= 0.3 is 5.97 Å². The molecular formula is C18H22Cl2N2O4. The van der Waals surface area contributed by atoms with E-state index < -0.39 is 12.1 Å². The van der Waals surface area contributed by atoms with Crippen molar-refractivity contribution in [2.24, 2.45) is 13.0 Å². The predicted molar refractivity (Wildman–Crippen MR) is 101 cm³/mol. The maximum absolute atomic E-state index is 11.0. The number of carbonyl (C=O) groups is 1. The zero-order valence-corrected chi connectivity index (χ0v) is 16.9. The number of benzene rings is 1. The number of ether oxygens (including phenoxy) is 2. The molecule has 0 spiro atoms. The van der Waals surface area contributed by atoms with Gasteiger partial charge in [0, 0.05) is 18.7 Å². The molecule has 0 aliphatic rings. The third kappa shape index (κ3) is 4.62. The lowest BCUT2D eigenvalue weighted by Gasteiger charge is -2.15. The zero-order valence-electron chi connectivity index (χ0n) is 15.3. The van der Waals surface area contributed by atoms with Gasteiger partial charge in [-0.2, -0.15) is 5.10 Å². The number of carboxylic acids is 1. The number of aromatic nitrogens is 2. The first-order valence-corrected chi connectivity index (χ1v) is 8.94. The molecule has 0 aliphatic carbocycles. The van der Waals surface area contributed by atoms with Crippen molar-refractivity contribution in [1.82, 2.24) is 9.78 Å². The fourth-order valence-electron chi connectivity index (χ4n) is 2.48. The average Bonchev–Trinajstić information content (AvgIpc) is 2.78. The summed E-state index contributed by atoms with van der Waals surface area (Å²) in [6.45, 7) is 7.57. The van der Waals surface area contributed by atoms with E-state index in [0.29, 0.717) is 22.6 Å². The third-order valence-electron chi connectivity index (χ3n) is 3.75. The van der Waals surface area contributed by atoms with Crippen LogP contribution in [0.5, 0.6) is 17.4 Å². The third-order valence-corrected chi connectivity index (χ3v) is 4.34. The minimum absolute atomic E-state index is 0.185. The van der Waals surface area contributed by atoms with Crippen molar-refractivity contribution in [3.63, 3.8) is 0 Å². The monoisotopic (exact) mass is 400 g/mol. The Hall–Kier alpha value is -1.92. The van der Waals surface area contributed by atoms with Crippen molar-refractivity contribution in [1.29, 1.82) is 0 Å². The number of aryl methyl sites for hydroxylation is 2. The van der Waals surface area contributed by atoms with Gasteiger partial charge in [-0.05, 0) is 32.3 Å². The highest BCUT2D eigenvalue weighted by Gasteiger charge is 2.20. The molecule has 0 aliphatic heterocycles. The summed E-state index contributed by atoms with van der Waals surface area (Å²) < 4.78 is 13.0. The maximum Gasteiger partial charge on any atom is 0.344 e. The normalized spacial score (nSPS) is 12.3. The topological polar surface area (TPSA) is 73.6 Å². The van der Waals surface area contributed by atoms with Crippen LogP contribution in [0.15, 0.2) is 12.1 Å². The van der Waals surface area contributed by atoms with Gasteiger partial charge < -0.3 is 14.6 Å². The first-order chi connectivity index (χ1) is 12.1. The predicted octanol–water partition coefficient (Wildman–Crippen LogP) is 4.88. The number of nitrogens with zero attached hydrogens (tertiary/aromatic N) is 2. The highest BCUT2D eigenvalue weighted by Crippen LogP contribution is 2.39. The molecule has 0 fully saturated rings. The molecule has 0 bridgehead atoms. The molecule has 8 heteroatoms. The van der Waals surface area contributed by atoms with Gasteiger partial charge in [0.2, 0.25) is 5.88 Å². The Bertz CT molecular complexity index is 818. The molecule has 1 atom stereocenters. The summed E-state index contributed by atoms with van der Waals surface area (Å²) in [7, 11) is 1.79. The standard InChI is InChI=1S/C18H22Cl2N2O4/c1-9(2)6-12-10(3)21-22(5)17(12)26-16-8-15(13(19)7-14(16)20)25-11(4)18(23)24/h7-9,11H,6H2,1-5H3,(H,23,24)/t11-/m0/s1. The molecule has 2 rings (SSSR count). The van der Waals surface area contributed by atoms with E-state index in [2.05, 4.69) is 18.9 Å². The van der Waals surface area contributed by atoms with Crippen LogP contribution < -0.4 is 9.47 Å². The Labute approximate surface area is 162 Å². The summed E-state index contributed by atoms with van der Waals surface area (Å²) in [6, 6.07) is 2.96. The largest absolute Gasteiger partial charge is 0.479 e. The highest BCUT2D eigenvalue weighted by molar-refractivity contribution is 6.36. The number of hydrogen-bond acceptors (Lipinski definition) is 4. The minimum atomic E-state index is -1.10. The lowest BCUT2D eigenvalue weighted by Crippen LogP contribution is -2.23. The molecule has 6 nitrogen and oxygen atoms in total. The number of carboxylic acid groups (broad SMARTS) is 1. The van der Waals surface area contributed by atoms with Gasteiger partial charge in [0.1, 0.15) is 5.75 Å². The second kappa shape index (κ2) is 8.18. The van der Waals surface area contributed by atoms with E-state index in [1.54, 1.807) is 11.7 Å². The molecule has 1 aromatic heterocycles. The molecule has 142 valence electrons. The van der Waals surface area contributed by atoms with Crippen molar-refractivity contribution in [3.05, 3.63) is 33.4 Å². The van der Waals surface area contributed by atoms with Crippen LogP contribution in [0.4, 0.5) is 0 Å². The minimum Gasteiger partial charge on any atom is -0.479 e. The quantitative estimate of drug-likeness (QED) is 0.716. The fraction of sp³-hybridized carbons (Fsp3) is 0.444. The molecule has 1 heterocycles. The van der Waals surface area contributed by atoms with E-state index in [1.165, 1.54) is 19.1 Å². The number of halogens is 2. The van der Waals surface area contributed by atoms with Gasteiger partial charge in [0.15, 0.2) is 11.9 Å². The summed E-state index contributed by atoms with van der Waals surface area (Å²) in [5.74, 6) is 0.413. The molecule has 1 N–H and O–H groups in total. The lowest BCUT2D eigenvalue weighted by molar-refractivity contribution is -0.144. The molecule has 0 saturated heterocycles. The smallest absolute Gasteiger partial charge is 0.344 e. The first-order valence-electron chi connectivity index (χ1n) is 8.19. The Morgan fingerprint density at radius 3 is 2.42 bits per heavy atom. The second-order valence-electron chi connectivity index (χ2n) is 6.50. The molecule has 2 aromatic rings. The summed E-state index contributed by atoms with van der Waals surface area (Å²) in [5, 5.41) is 13.9. The van der Waals surface area contributed by atoms with Gasteiger partial charge in [0.25, 0.3) is 0 Å². The SMILES string of the molecule is Cc1nn(C)c(Oc2cc(O[C@@H](C)C(=O)O)c(Cl)cc2Cl)c1CC(C)C. The van der Waals surface area contributed by atoms with Gasteiger partial charge in [-0.15, -0.1) is 0 Å². The fourth-order valence-corrected chi connectivity index (χ4v) is 2.94. The Balaban J connectivity index is 2.40. The van der Waals surface area contributed by atoms with Crippen molar-refractivity contribution < 1.29 is 19.4 Å². The van der Waals surface area contributed by atoms with Gasteiger partial charge in [0.05, 0.1) is 15.7 Å². The lowest BCUT2D eigenvalue weighted by atomic mass is 10.0. The van der Waals surface area contributed by atoms with Crippen molar-refractivity contribution >= 4 is 29.2 Å². The van der Waals surface area contributed by atoms with Gasteiger partial charge in [-0.25, -0.2) is 9.48 Å². The summed E-state index contributed by atoms with van der Waals surface area (Å²) >= 11 is 12.4. The van der Waals surface area contributed by atoms with Crippen LogP contribution in [0.3, 0.4) is 0 Å². The van der Waals surface area contributed by atoms with Crippen LogP contribution in [-0.4, -0.2) is 27.0 Å². The Morgan fingerprint density at radius 2 is 1.85 bits per heavy atom. The van der Waals surface area contributed by atoms with Crippen LogP contribution in [0, 0.1) is 12.8 Å². The summed E-state index contributed by atoms with van der Waals surface area (Å²) in [5.41, 5.74) is 1.88. The average molecular weight is 401 g/mol. The Kier molecular flexibility index (Phi) is 6.42. The number of rotatable bonds is 7. The van der Waals surface area contributed by atoms with E-state index >= 15 is 0 Å². The number of aliphatic carboxylic acids is 1. The van der Waals surface area contributed by atoms with E-state index in [-0.39, 0.29) is 10.8 Å². The number of hydrogen-bond donors (Lipinski definition) is 1. The molecule has 1 aromatic carbocycles. The van der Waals surface area contributed by atoms with Gasteiger partial charge in [-0.1, -0.05) is 37.0 Å². The molecule has 0 radical (unpaired) electrons. The molecule has 0 amide bonds. The van der Waals surface area contributed by atoms with Crippen molar-refractivity contribution in [2.45, 2.75) is 40.2 Å². The zero-order chi connectivity index (χ0) is 19.6. The van der Waals surface area contributed by atoms with Crippen molar-refractivity contribution in [3.8, 4) is 17.4 Å². The second-order valence-corrected chi connectivity index (χ2v) is 7.32. The van der Waals surface area contributed by atoms with E-state index in [9.17, 15) is 4.79 Å².